The Hall–Kier alpha value is -1.61. The molecule has 1 aromatic carbocycles. The van der Waals surface area contributed by atoms with E-state index >= 15 is 0 Å². The molecular weight excluding hydrogens is 176 g/mol. The largest absolute Gasteiger partial charge is 0.398 e. The summed E-state index contributed by atoms with van der Waals surface area (Å²) in [5.41, 5.74) is 8.38. The fraction of sp³-hybridized carbons (Fsp3) is 0.182. The van der Waals surface area contributed by atoms with Crippen LogP contribution in [0.5, 0.6) is 0 Å². The summed E-state index contributed by atoms with van der Waals surface area (Å²) < 4.78 is 0. The predicted octanol–water partition coefficient (Wildman–Crippen LogP) is 1.31. The number of aliphatic hydroxyl groups is 1. The van der Waals surface area contributed by atoms with Gasteiger partial charge in [0.05, 0.1) is 12.3 Å². The third kappa shape index (κ3) is 2.44. The van der Waals surface area contributed by atoms with Crippen LogP contribution in [-0.4, -0.2) is 17.4 Å². The third-order valence-corrected chi connectivity index (χ3v) is 1.96. The average molecular weight is 190 g/mol. The number of hydrogen-bond donors (Lipinski definition) is 3. The molecule has 0 radical (unpaired) electrons. The monoisotopic (exact) mass is 190 g/mol. The zero-order valence-electron chi connectivity index (χ0n) is 8.12. The summed E-state index contributed by atoms with van der Waals surface area (Å²) in [6, 6.07) is 7.68. The van der Waals surface area contributed by atoms with Gasteiger partial charge in [-0.3, -0.25) is 0 Å². The van der Waals surface area contributed by atoms with Crippen molar-refractivity contribution in [3.63, 3.8) is 0 Å². The lowest BCUT2D eigenvalue weighted by Crippen LogP contribution is -2.05. The first-order chi connectivity index (χ1) is 6.65. The molecule has 0 spiro atoms. The molecule has 0 aliphatic rings. The van der Waals surface area contributed by atoms with Gasteiger partial charge in [-0.1, -0.05) is 24.3 Å². The van der Waals surface area contributed by atoms with E-state index in [9.17, 15) is 0 Å². The fourth-order valence-electron chi connectivity index (χ4n) is 1.21. The minimum absolute atomic E-state index is 0.116. The first-order valence-corrected chi connectivity index (χ1v) is 4.36. The van der Waals surface area contributed by atoms with Crippen molar-refractivity contribution in [2.75, 3.05) is 6.61 Å². The molecule has 1 rings (SSSR count). The van der Waals surface area contributed by atoms with Gasteiger partial charge in [0.2, 0.25) is 0 Å². The van der Waals surface area contributed by atoms with E-state index in [-0.39, 0.29) is 12.3 Å². The van der Waals surface area contributed by atoms with E-state index in [0.717, 1.165) is 11.1 Å². The minimum Gasteiger partial charge on any atom is -0.398 e. The van der Waals surface area contributed by atoms with E-state index in [1.54, 1.807) is 0 Å². The highest BCUT2D eigenvalue weighted by molar-refractivity contribution is 5.99. The number of nitrogens with one attached hydrogen (secondary N) is 1. The van der Waals surface area contributed by atoms with Gasteiger partial charge < -0.3 is 16.2 Å². The molecule has 3 heteroatoms. The summed E-state index contributed by atoms with van der Waals surface area (Å²) in [4.78, 5) is 0. The standard InChI is InChI=1S/C11H14N2O/c1-8-4-2-3-5-10(8)11(13)6-9(12)7-14/h2-6,12,14H,7,13H2,1H3/b11-6-,12-9?. The van der Waals surface area contributed by atoms with E-state index in [4.69, 9.17) is 16.2 Å². The molecule has 0 saturated heterocycles. The first kappa shape index (κ1) is 10.5. The van der Waals surface area contributed by atoms with Crippen LogP contribution >= 0.6 is 0 Å². The maximum Gasteiger partial charge on any atom is 0.0846 e. The van der Waals surface area contributed by atoms with Gasteiger partial charge in [0, 0.05) is 11.3 Å². The zero-order chi connectivity index (χ0) is 10.6. The third-order valence-electron chi connectivity index (χ3n) is 1.96. The van der Waals surface area contributed by atoms with Gasteiger partial charge >= 0.3 is 0 Å². The Balaban J connectivity index is 3.00. The van der Waals surface area contributed by atoms with Gasteiger partial charge in [-0.25, -0.2) is 0 Å². The van der Waals surface area contributed by atoms with Crippen LogP contribution in [-0.2, 0) is 0 Å². The highest BCUT2D eigenvalue weighted by atomic mass is 16.3. The van der Waals surface area contributed by atoms with Crippen molar-refractivity contribution in [2.45, 2.75) is 6.92 Å². The van der Waals surface area contributed by atoms with Gasteiger partial charge in [-0.15, -0.1) is 0 Å². The molecule has 4 N–H and O–H groups in total. The van der Waals surface area contributed by atoms with Crippen molar-refractivity contribution in [1.29, 1.82) is 5.41 Å². The average Bonchev–Trinajstić information content (AvgIpc) is 2.18. The number of hydrogen-bond acceptors (Lipinski definition) is 3. The summed E-state index contributed by atoms with van der Waals surface area (Å²) in [5, 5.41) is 16.0. The Kier molecular flexibility index (Phi) is 3.42. The van der Waals surface area contributed by atoms with Gasteiger partial charge in [0.1, 0.15) is 0 Å². The Morgan fingerprint density at radius 3 is 2.71 bits per heavy atom. The summed E-state index contributed by atoms with van der Waals surface area (Å²) in [6.07, 6.45) is 1.47. The summed E-state index contributed by atoms with van der Waals surface area (Å²) in [7, 11) is 0. The summed E-state index contributed by atoms with van der Waals surface area (Å²) in [5.74, 6) is 0. The Labute approximate surface area is 83.4 Å². The van der Waals surface area contributed by atoms with Crippen LogP contribution in [0.4, 0.5) is 0 Å². The Morgan fingerprint density at radius 2 is 2.14 bits per heavy atom. The molecule has 0 bridgehead atoms. The number of benzene rings is 1. The molecule has 74 valence electrons. The minimum atomic E-state index is -0.285. The topological polar surface area (TPSA) is 70.1 Å². The molecule has 0 amide bonds. The Bertz CT molecular complexity index is 369. The van der Waals surface area contributed by atoms with Gasteiger partial charge in [0.25, 0.3) is 0 Å². The second-order valence-corrected chi connectivity index (χ2v) is 3.10. The Morgan fingerprint density at radius 1 is 1.50 bits per heavy atom. The van der Waals surface area contributed by atoms with Crippen LogP contribution in [0.3, 0.4) is 0 Å². The van der Waals surface area contributed by atoms with Crippen molar-refractivity contribution in [3.8, 4) is 0 Å². The maximum absolute atomic E-state index is 8.68. The maximum atomic E-state index is 8.68. The summed E-state index contributed by atoms with van der Waals surface area (Å²) in [6.45, 7) is 1.67. The fourth-order valence-corrected chi connectivity index (χ4v) is 1.21. The molecule has 0 atom stereocenters. The highest BCUT2D eigenvalue weighted by Gasteiger charge is 2.00. The van der Waals surface area contributed by atoms with Crippen molar-refractivity contribution in [1.82, 2.24) is 0 Å². The quantitative estimate of drug-likeness (QED) is 0.629. The van der Waals surface area contributed by atoms with E-state index in [1.165, 1.54) is 6.08 Å². The van der Waals surface area contributed by atoms with Crippen molar-refractivity contribution < 1.29 is 5.11 Å². The molecule has 14 heavy (non-hydrogen) atoms. The predicted molar refractivity (Wildman–Crippen MR) is 58.2 cm³/mol. The molecule has 0 aliphatic heterocycles. The second kappa shape index (κ2) is 4.58. The normalized spacial score (nSPS) is 11.4. The molecule has 3 nitrogen and oxygen atoms in total. The smallest absolute Gasteiger partial charge is 0.0846 e. The van der Waals surface area contributed by atoms with Crippen LogP contribution in [0.1, 0.15) is 11.1 Å². The molecule has 0 unspecified atom stereocenters. The van der Waals surface area contributed by atoms with E-state index in [2.05, 4.69) is 0 Å². The molecule has 0 aliphatic carbocycles. The van der Waals surface area contributed by atoms with Crippen LogP contribution in [0.2, 0.25) is 0 Å². The number of rotatable bonds is 3. The van der Waals surface area contributed by atoms with Crippen molar-refractivity contribution in [2.24, 2.45) is 5.73 Å². The van der Waals surface area contributed by atoms with E-state index in [0.29, 0.717) is 5.70 Å². The SMILES string of the molecule is Cc1ccccc1/C(N)=C/C(=N)CO. The zero-order valence-corrected chi connectivity index (χ0v) is 8.12. The lowest BCUT2D eigenvalue weighted by atomic mass is 10.1. The molecule has 0 heterocycles. The molecular formula is C11H14N2O. The highest BCUT2D eigenvalue weighted by Crippen LogP contribution is 2.13. The molecule has 0 saturated carbocycles. The van der Waals surface area contributed by atoms with Crippen molar-refractivity contribution in [3.05, 3.63) is 41.5 Å². The lowest BCUT2D eigenvalue weighted by molar-refractivity contribution is 0.357. The van der Waals surface area contributed by atoms with Crippen LogP contribution in [0.15, 0.2) is 30.3 Å². The van der Waals surface area contributed by atoms with E-state index < -0.39 is 0 Å². The lowest BCUT2D eigenvalue weighted by Gasteiger charge is -2.05. The molecule has 1 aromatic rings. The second-order valence-electron chi connectivity index (χ2n) is 3.10. The van der Waals surface area contributed by atoms with Gasteiger partial charge in [-0.05, 0) is 18.6 Å². The number of nitrogens with two attached hydrogens (primary N) is 1. The number of aryl methyl sites for hydroxylation is 1. The van der Waals surface area contributed by atoms with Gasteiger partial charge in [-0.2, -0.15) is 0 Å². The molecule has 0 aromatic heterocycles. The summed E-state index contributed by atoms with van der Waals surface area (Å²) >= 11 is 0. The van der Waals surface area contributed by atoms with E-state index in [1.807, 2.05) is 31.2 Å². The van der Waals surface area contributed by atoms with Crippen molar-refractivity contribution >= 4 is 11.4 Å². The first-order valence-electron chi connectivity index (χ1n) is 4.36. The van der Waals surface area contributed by atoms with Crippen LogP contribution < -0.4 is 5.73 Å². The molecule has 0 fully saturated rings. The van der Waals surface area contributed by atoms with Crippen LogP contribution in [0, 0.1) is 12.3 Å². The number of aliphatic hydroxyl groups excluding tert-OH is 1. The van der Waals surface area contributed by atoms with Gasteiger partial charge in [0.15, 0.2) is 0 Å². The van der Waals surface area contributed by atoms with Crippen LogP contribution in [0.25, 0.3) is 5.70 Å².